The Morgan fingerprint density at radius 2 is 1.78 bits per heavy atom. The van der Waals surface area contributed by atoms with Crippen molar-refractivity contribution in [3.05, 3.63) is 86.6 Å². The smallest absolute Gasteiger partial charge is 0.336 e. The minimum absolute atomic E-state index is 0.192. The molecule has 0 aliphatic heterocycles. The summed E-state index contributed by atoms with van der Waals surface area (Å²) in [4.78, 5) is 37.4. The molecule has 2 heterocycles. The molecular formula is C24H23N3O5. The molecule has 2 aromatic heterocycles. The summed E-state index contributed by atoms with van der Waals surface area (Å²) in [6, 6.07) is 15.6. The van der Waals surface area contributed by atoms with Crippen LogP contribution in [0.1, 0.15) is 18.2 Å². The molecule has 164 valence electrons. The fourth-order valence-electron chi connectivity index (χ4n) is 3.57. The Morgan fingerprint density at radius 3 is 2.50 bits per heavy atom. The summed E-state index contributed by atoms with van der Waals surface area (Å²) < 4.78 is 14.2. The predicted octanol–water partition coefficient (Wildman–Crippen LogP) is 3.31. The number of carbonyl (C=O) groups excluding carboxylic acids is 1. The van der Waals surface area contributed by atoms with Crippen molar-refractivity contribution < 1.29 is 13.9 Å². The number of aryl methyl sites for hydroxylation is 1. The summed E-state index contributed by atoms with van der Waals surface area (Å²) in [5, 5.41) is 3.48. The highest BCUT2D eigenvalue weighted by atomic mass is 16.5. The van der Waals surface area contributed by atoms with Gasteiger partial charge in [0.25, 0.3) is 11.5 Å². The number of nitrogens with one attached hydrogen (secondary N) is 1. The van der Waals surface area contributed by atoms with E-state index in [0.717, 1.165) is 10.9 Å². The Balaban J connectivity index is 1.57. The quantitative estimate of drug-likeness (QED) is 0.487. The Labute approximate surface area is 183 Å². The fraction of sp³-hybridized carbons (Fsp3) is 0.208. The lowest BCUT2D eigenvalue weighted by molar-refractivity contribution is -0.122. The van der Waals surface area contributed by atoms with Gasteiger partial charge in [0.2, 0.25) is 0 Å². The van der Waals surface area contributed by atoms with Crippen LogP contribution in [0.3, 0.4) is 0 Å². The summed E-state index contributed by atoms with van der Waals surface area (Å²) in [6.07, 6.45) is -0.895. The average Bonchev–Trinajstić information content (AvgIpc) is 2.97. The first kappa shape index (κ1) is 21.2. The maximum absolute atomic E-state index is 13.0. The molecule has 0 aliphatic carbocycles. The summed E-state index contributed by atoms with van der Waals surface area (Å²) in [5.74, 6) is -0.0952. The number of hydrogen-bond acceptors (Lipinski definition) is 5. The maximum atomic E-state index is 13.0. The third-order valence-corrected chi connectivity index (χ3v) is 5.41. The number of carbonyl (C=O) groups is 1. The molecule has 0 spiro atoms. The first-order valence-electron chi connectivity index (χ1n) is 10.1. The highest BCUT2D eigenvalue weighted by Crippen LogP contribution is 2.23. The average molecular weight is 433 g/mol. The zero-order chi connectivity index (χ0) is 23.0. The Bertz CT molecular complexity index is 1430. The van der Waals surface area contributed by atoms with Crippen LogP contribution >= 0.6 is 0 Å². The molecule has 2 aromatic carbocycles. The summed E-state index contributed by atoms with van der Waals surface area (Å²) in [6.45, 7) is 5.16. The van der Waals surface area contributed by atoms with E-state index in [1.807, 2.05) is 37.3 Å². The van der Waals surface area contributed by atoms with Gasteiger partial charge in [-0.15, -0.1) is 0 Å². The Hall–Kier alpha value is -4.07. The van der Waals surface area contributed by atoms with Gasteiger partial charge in [0.1, 0.15) is 17.0 Å². The van der Waals surface area contributed by atoms with Crippen LogP contribution in [0.5, 0.6) is 5.75 Å². The summed E-state index contributed by atoms with van der Waals surface area (Å²) in [7, 11) is 1.75. The number of hydrogen-bond donors (Lipinski definition) is 1. The van der Waals surface area contributed by atoms with Crippen molar-refractivity contribution in [1.82, 2.24) is 9.36 Å². The SMILES string of the molecule is Cc1cc(=O)oc2cc(OC(C)C(=O)Nc3c(C)n(C)n(-c4ccccc4)c3=O)ccc12. The van der Waals surface area contributed by atoms with Gasteiger partial charge in [0.15, 0.2) is 6.10 Å². The highest BCUT2D eigenvalue weighted by molar-refractivity contribution is 5.94. The topological polar surface area (TPSA) is 95.5 Å². The van der Waals surface area contributed by atoms with E-state index in [1.165, 1.54) is 10.7 Å². The molecular weight excluding hydrogens is 410 g/mol. The number of benzene rings is 2. The van der Waals surface area contributed by atoms with E-state index in [1.54, 1.807) is 43.8 Å². The van der Waals surface area contributed by atoms with Crippen molar-refractivity contribution in [3.63, 3.8) is 0 Å². The van der Waals surface area contributed by atoms with Crippen LogP contribution in [0, 0.1) is 13.8 Å². The molecule has 1 amide bonds. The van der Waals surface area contributed by atoms with Gasteiger partial charge in [-0.3, -0.25) is 14.3 Å². The minimum atomic E-state index is -0.895. The molecule has 0 bridgehead atoms. The van der Waals surface area contributed by atoms with E-state index in [0.29, 0.717) is 22.7 Å². The molecule has 8 nitrogen and oxygen atoms in total. The molecule has 0 aliphatic rings. The monoisotopic (exact) mass is 433 g/mol. The first-order valence-corrected chi connectivity index (χ1v) is 10.1. The molecule has 4 aromatic rings. The fourth-order valence-corrected chi connectivity index (χ4v) is 3.57. The molecule has 0 radical (unpaired) electrons. The molecule has 0 saturated carbocycles. The van der Waals surface area contributed by atoms with E-state index in [2.05, 4.69) is 5.32 Å². The largest absolute Gasteiger partial charge is 0.481 e. The van der Waals surface area contributed by atoms with Gasteiger partial charge in [0, 0.05) is 24.6 Å². The van der Waals surface area contributed by atoms with Crippen molar-refractivity contribution in [1.29, 1.82) is 0 Å². The third-order valence-electron chi connectivity index (χ3n) is 5.41. The van der Waals surface area contributed by atoms with Gasteiger partial charge in [-0.2, -0.15) is 0 Å². The second-order valence-corrected chi connectivity index (χ2v) is 7.59. The number of fused-ring (bicyclic) bond motifs is 1. The minimum Gasteiger partial charge on any atom is -0.481 e. The van der Waals surface area contributed by atoms with E-state index in [-0.39, 0.29) is 11.2 Å². The maximum Gasteiger partial charge on any atom is 0.336 e. The van der Waals surface area contributed by atoms with Gasteiger partial charge in [0.05, 0.1) is 11.4 Å². The van der Waals surface area contributed by atoms with Crippen molar-refractivity contribution in [2.45, 2.75) is 26.9 Å². The number of aromatic nitrogens is 2. The van der Waals surface area contributed by atoms with E-state index >= 15 is 0 Å². The van der Waals surface area contributed by atoms with Crippen LogP contribution in [0.25, 0.3) is 16.7 Å². The van der Waals surface area contributed by atoms with Crippen molar-refractivity contribution in [2.24, 2.45) is 7.05 Å². The van der Waals surface area contributed by atoms with Crippen LogP contribution in [-0.4, -0.2) is 21.4 Å². The highest BCUT2D eigenvalue weighted by Gasteiger charge is 2.22. The summed E-state index contributed by atoms with van der Waals surface area (Å²) in [5.41, 5.74) is 1.89. The molecule has 1 unspecified atom stereocenters. The van der Waals surface area contributed by atoms with E-state index < -0.39 is 17.6 Å². The second-order valence-electron chi connectivity index (χ2n) is 7.59. The molecule has 0 fully saturated rings. The normalized spacial score (nSPS) is 12.0. The Kier molecular flexibility index (Phi) is 5.44. The molecule has 32 heavy (non-hydrogen) atoms. The van der Waals surface area contributed by atoms with Crippen molar-refractivity contribution in [2.75, 3.05) is 5.32 Å². The number of para-hydroxylation sites is 1. The number of amides is 1. The Morgan fingerprint density at radius 1 is 1.06 bits per heavy atom. The van der Waals surface area contributed by atoms with Gasteiger partial charge in [-0.05, 0) is 50.6 Å². The lowest BCUT2D eigenvalue weighted by Crippen LogP contribution is -2.32. The second kappa shape index (κ2) is 8.22. The molecule has 0 saturated heterocycles. The third kappa shape index (κ3) is 3.82. The molecule has 1 N–H and O–H groups in total. The van der Waals surface area contributed by atoms with Crippen LogP contribution in [-0.2, 0) is 11.8 Å². The number of rotatable bonds is 5. The van der Waals surface area contributed by atoms with Crippen LogP contribution in [0.15, 0.2) is 68.6 Å². The molecule has 4 rings (SSSR count). The van der Waals surface area contributed by atoms with Crippen LogP contribution in [0.4, 0.5) is 5.69 Å². The van der Waals surface area contributed by atoms with E-state index in [9.17, 15) is 14.4 Å². The van der Waals surface area contributed by atoms with Crippen molar-refractivity contribution in [3.8, 4) is 11.4 Å². The lowest BCUT2D eigenvalue weighted by atomic mass is 10.1. The van der Waals surface area contributed by atoms with Crippen LogP contribution in [0.2, 0.25) is 0 Å². The first-order chi connectivity index (χ1) is 15.3. The standard InChI is InChI=1S/C24H23N3O5/c1-14-12-21(28)32-20-13-18(10-11-19(14)20)31-16(3)23(29)25-22-15(2)26(4)27(24(22)30)17-8-6-5-7-9-17/h5-13,16H,1-4H3,(H,25,29). The summed E-state index contributed by atoms with van der Waals surface area (Å²) >= 11 is 0. The van der Waals surface area contributed by atoms with E-state index in [4.69, 9.17) is 9.15 Å². The van der Waals surface area contributed by atoms with Crippen LogP contribution < -0.4 is 21.2 Å². The van der Waals surface area contributed by atoms with Gasteiger partial charge in [-0.1, -0.05) is 18.2 Å². The predicted molar refractivity (Wildman–Crippen MR) is 122 cm³/mol. The molecule has 1 atom stereocenters. The van der Waals surface area contributed by atoms with Gasteiger partial charge in [-0.25, -0.2) is 9.48 Å². The zero-order valence-electron chi connectivity index (χ0n) is 18.2. The van der Waals surface area contributed by atoms with Gasteiger partial charge >= 0.3 is 5.63 Å². The van der Waals surface area contributed by atoms with Gasteiger partial charge < -0.3 is 14.5 Å². The number of ether oxygens (including phenoxy) is 1. The molecule has 8 heteroatoms. The zero-order valence-corrected chi connectivity index (χ0v) is 18.2. The number of nitrogens with zero attached hydrogens (tertiary/aromatic N) is 2. The lowest BCUT2D eigenvalue weighted by Gasteiger charge is -2.14. The van der Waals surface area contributed by atoms with Crippen molar-refractivity contribution >= 4 is 22.6 Å². The number of anilines is 1.